The number of rotatable bonds is 1. The summed E-state index contributed by atoms with van der Waals surface area (Å²) in [5, 5.41) is 8.57. The van der Waals surface area contributed by atoms with E-state index >= 15 is 0 Å². The number of diazo groups is 1. The second kappa shape index (κ2) is 3.46. The lowest BCUT2D eigenvalue weighted by Gasteiger charge is -2.11. The minimum atomic E-state index is -0.146. The molecular formula is C8H10N5O+. The molecule has 0 spiro atoms. The summed E-state index contributed by atoms with van der Waals surface area (Å²) >= 11 is 0. The first-order chi connectivity index (χ1) is 6.83. The van der Waals surface area contributed by atoms with Gasteiger partial charge in [0, 0.05) is 18.1 Å². The number of carbonyl (C=O) groups excluding carboxylic acids is 1. The quantitative estimate of drug-likeness (QED) is 0.677. The minimum Gasteiger partial charge on any atom is -0.337 e. The average molecular weight is 192 g/mol. The molecule has 0 aliphatic carbocycles. The van der Waals surface area contributed by atoms with Crippen molar-refractivity contribution in [1.29, 1.82) is 5.39 Å². The molecule has 0 radical (unpaired) electrons. The van der Waals surface area contributed by atoms with Gasteiger partial charge in [0.25, 0.3) is 5.91 Å². The van der Waals surface area contributed by atoms with Gasteiger partial charge in [-0.2, -0.15) is 0 Å². The zero-order valence-corrected chi connectivity index (χ0v) is 7.60. The van der Waals surface area contributed by atoms with Crippen LogP contribution in [0.1, 0.15) is 23.3 Å². The number of carbonyl (C=O) groups is 1. The number of likely N-dealkylation sites (tertiary alicyclic amines) is 1. The maximum atomic E-state index is 11.8. The molecule has 72 valence electrons. The molecular weight excluding hydrogens is 182 g/mol. The van der Waals surface area contributed by atoms with Crippen molar-refractivity contribution in [3.05, 3.63) is 17.0 Å². The van der Waals surface area contributed by atoms with Crippen LogP contribution >= 0.6 is 0 Å². The van der Waals surface area contributed by atoms with E-state index < -0.39 is 0 Å². The van der Waals surface area contributed by atoms with Crippen molar-refractivity contribution in [3.63, 3.8) is 0 Å². The number of hydrogen-bond acceptors (Lipinski definition) is 3. The first-order valence-electron chi connectivity index (χ1n) is 4.50. The highest BCUT2D eigenvalue weighted by molar-refractivity contribution is 5.97. The van der Waals surface area contributed by atoms with Crippen LogP contribution in [-0.4, -0.2) is 33.9 Å². The van der Waals surface area contributed by atoms with Crippen LogP contribution < -0.4 is 0 Å². The molecule has 1 saturated heterocycles. The van der Waals surface area contributed by atoms with Crippen LogP contribution in [0, 0.1) is 5.39 Å². The third-order valence-electron chi connectivity index (χ3n) is 2.32. The molecule has 1 fully saturated rings. The lowest BCUT2D eigenvalue weighted by molar-refractivity contribution is 0.0789. The number of nitrogens with zero attached hydrogens (tertiary/aromatic N) is 4. The Kier molecular flexibility index (Phi) is 2.14. The number of aromatic amines is 1. The van der Waals surface area contributed by atoms with Gasteiger partial charge in [-0.3, -0.25) is 4.79 Å². The van der Waals surface area contributed by atoms with Crippen molar-refractivity contribution in [2.45, 2.75) is 12.8 Å². The molecule has 2 rings (SSSR count). The molecule has 2 heterocycles. The van der Waals surface area contributed by atoms with E-state index in [0.717, 1.165) is 25.9 Å². The van der Waals surface area contributed by atoms with Crippen molar-refractivity contribution >= 4 is 11.7 Å². The molecule has 1 amide bonds. The Labute approximate surface area is 80.6 Å². The zero-order chi connectivity index (χ0) is 9.97. The Morgan fingerprint density at radius 3 is 2.93 bits per heavy atom. The van der Waals surface area contributed by atoms with Crippen LogP contribution in [0.5, 0.6) is 0 Å². The van der Waals surface area contributed by atoms with E-state index in [1.54, 1.807) is 4.90 Å². The van der Waals surface area contributed by atoms with Crippen LogP contribution in [0.25, 0.3) is 4.98 Å². The second-order valence-electron chi connectivity index (χ2n) is 3.20. The Bertz CT molecular complexity index is 385. The predicted molar refractivity (Wildman–Crippen MR) is 48.5 cm³/mol. The topological polar surface area (TPSA) is 77.1 Å². The van der Waals surface area contributed by atoms with Crippen LogP contribution in [0.15, 0.2) is 6.33 Å². The summed E-state index contributed by atoms with van der Waals surface area (Å²) in [6.07, 6.45) is 3.41. The fourth-order valence-electron chi connectivity index (χ4n) is 1.60. The number of amides is 1. The van der Waals surface area contributed by atoms with Crippen molar-refractivity contribution in [3.8, 4) is 0 Å². The lowest BCUT2D eigenvalue weighted by atomic mass is 10.4. The molecule has 1 aliphatic rings. The van der Waals surface area contributed by atoms with E-state index in [0.29, 0.717) is 0 Å². The van der Waals surface area contributed by atoms with Gasteiger partial charge in [0.1, 0.15) is 0 Å². The minimum absolute atomic E-state index is 0.0573. The van der Waals surface area contributed by atoms with Crippen molar-refractivity contribution < 1.29 is 4.79 Å². The molecule has 0 bridgehead atoms. The maximum Gasteiger partial charge on any atom is 0.495 e. The number of imidazole rings is 1. The lowest BCUT2D eigenvalue weighted by Crippen LogP contribution is -2.27. The van der Waals surface area contributed by atoms with Crippen LogP contribution in [0.2, 0.25) is 0 Å². The molecule has 6 nitrogen and oxygen atoms in total. The first-order valence-corrected chi connectivity index (χ1v) is 4.50. The third kappa shape index (κ3) is 1.33. The average Bonchev–Trinajstić information content (AvgIpc) is 2.87. The molecule has 1 aromatic rings. The monoisotopic (exact) mass is 192 g/mol. The molecule has 0 saturated carbocycles. The molecule has 0 unspecified atom stereocenters. The van der Waals surface area contributed by atoms with Gasteiger partial charge in [-0.25, -0.2) is 0 Å². The van der Waals surface area contributed by atoms with E-state index in [4.69, 9.17) is 5.39 Å². The summed E-state index contributed by atoms with van der Waals surface area (Å²) in [6.45, 7) is 1.53. The Hall–Kier alpha value is -1.90. The van der Waals surface area contributed by atoms with Gasteiger partial charge in [0.15, 0.2) is 0 Å². The van der Waals surface area contributed by atoms with Gasteiger partial charge in [0.2, 0.25) is 12.0 Å². The normalized spacial score (nSPS) is 15.5. The van der Waals surface area contributed by atoms with Gasteiger partial charge >= 0.3 is 5.82 Å². The third-order valence-corrected chi connectivity index (χ3v) is 2.32. The van der Waals surface area contributed by atoms with Crippen LogP contribution in [0.4, 0.5) is 5.82 Å². The highest BCUT2D eigenvalue weighted by Gasteiger charge is 2.29. The number of hydrogen-bond donors (Lipinski definition) is 1. The SMILES string of the molecule is N#[N+]c1nc[nH]c1C(=O)N1CCCC1. The van der Waals surface area contributed by atoms with Gasteiger partial charge in [-0.15, -0.1) is 0 Å². The molecule has 1 aromatic heterocycles. The number of aromatic nitrogens is 2. The van der Waals surface area contributed by atoms with Gasteiger partial charge < -0.3 is 9.88 Å². The summed E-state index contributed by atoms with van der Waals surface area (Å²) in [4.78, 5) is 22.8. The van der Waals surface area contributed by atoms with E-state index in [1.165, 1.54) is 6.33 Å². The first kappa shape index (κ1) is 8.69. The summed E-state index contributed by atoms with van der Waals surface area (Å²) in [7, 11) is 0. The fourth-order valence-corrected chi connectivity index (χ4v) is 1.60. The maximum absolute atomic E-state index is 11.8. The Balaban J connectivity index is 2.22. The predicted octanol–water partition coefficient (Wildman–Crippen LogP) is 1.13. The van der Waals surface area contributed by atoms with Crippen LogP contribution in [-0.2, 0) is 0 Å². The molecule has 1 aliphatic heterocycles. The number of nitrogens with one attached hydrogen (secondary N) is 1. The Morgan fingerprint density at radius 2 is 2.29 bits per heavy atom. The summed E-state index contributed by atoms with van der Waals surface area (Å²) < 4.78 is 0. The van der Waals surface area contributed by atoms with Crippen LogP contribution in [0.3, 0.4) is 0 Å². The molecule has 0 aromatic carbocycles. The van der Waals surface area contributed by atoms with Gasteiger partial charge in [-0.1, -0.05) is 0 Å². The van der Waals surface area contributed by atoms with E-state index in [-0.39, 0.29) is 17.4 Å². The van der Waals surface area contributed by atoms with E-state index in [2.05, 4.69) is 14.9 Å². The highest BCUT2D eigenvalue weighted by atomic mass is 16.2. The second-order valence-corrected chi connectivity index (χ2v) is 3.20. The van der Waals surface area contributed by atoms with E-state index in [9.17, 15) is 4.79 Å². The largest absolute Gasteiger partial charge is 0.495 e. The summed E-state index contributed by atoms with van der Waals surface area (Å²) in [6, 6.07) is 0. The summed E-state index contributed by atoms with van der Waals surface area (Å²) in [5.41, 5.74) is 0.259. The standard InChI is InChI=1S/C8H9N5O/c9-12-7-6(10-5-11-7)8(14)13-3-1-2-4-13/h5H,1-4H2/p+1. The highest BCUT2D eigenvalue weighted by Crippen LogP contribution is 2.18. The smallest absolute Gasteiger partial charge is 0.337 e. The van der Waals surface area contributed by atoms with Gasteiger partial charge in [0.05, 0.1) is 5.39 Å². The van der Waals surface area contributed by atoms with Gasteiger partial charge in [-0.05, 0) is 17.8 Å². The molecule has 1 N–H and O–H groups in total. The molecule has 14 heavy (non-hydrogen) atoms. The van der Waals surface area contributed by atoms with Crippen molar-refractivity contribution in [2.75, 3.05) is 13.1 Å². The molecule has 6 heteroatoms. The Morgan fingerprint density at radius 1 is 1.57 bits per heavy atom. The zero-order valence-electron chi connectivity index (χ0n) is 7.60. The van der Waals surface area contributed by atoms with Crippen molar-refractivity contribution in [2.24, 2.45) is 0 Å². The number of H-pyrrole nitrogens is 1. The molecule has 0 atom stereocenters. The summed E-state index contributed by atoms with van der Waals surface area (Å²) in [5.74, 6) is -0.0882. The van der Waals surface area contributed by atoms with Crippen molar-refractivity contribution in [1.82, 2.24) is 14.9 Å². The van der Waals surface area contributed by atoms with E-state index in [1.807, 2.05) is 0 Å². The fraction of sp³-hybridized carbons (Fsp3) is 0.500.